The predicted molar refractivity (Wildman–Crippen MR) is 77.4 cm³/mol. The largest absolute Gasteiger partial charge is 0.395 e. The van der Waals surface area contributed by atoms with Gasteiger partial charge in [0.15, 0.2) is 0 Å². The van der Waals surface area contributed by atoms with Crippen molar-refractivity contribution in [3.63, 3.8) is 0 Å². The summed E-state index contributed by atoms with van der Waals surface area (Å²) in [6.07, 6.45) is 0.214. The highest BCUT2D eigenvalue weighted by atomic mass is 16.3. The lowest BCUT2D eigenvalue weighted by Gasteiger charge is -2.17. The second kappa shape index (κ2) is 7.02. The first-order valence-electron chi connectivity index (χ1n) is 6.40. The van der Waals surface area contributed by atoms with E-state index in [2.05, 4.69) is 10.6 Å². The molecule has 6 heteroatoms. The van der Waals surface area contributed by atoms with Crippen LogP contribution in [0.3, 0.4) is 0 Å². The summed E-state index contributed by atoms with van der Waals surface area (Å²) >= 11 is 0. The molecule has 0 atom stereocenters. The van der Waals surface area contributed by atoms with E-state index in [1.54, 1.807) is 38.1 Å². The SMILES string of the molecule is CC(C)(N)CC(=O)Nc1ccc(C(=O)NCCO)cc1. The van der Waals surface area contributed by atoms with Gasteiger partial charge in [0.1, 0.15) is 0 Å². The molecule has 0 saturated carbocycles. The van der Waals surface area contributed by atoms with Crippen LogP contribution in [0.15, 0.2) is 24.3 Å². The summed E-state index contributed by atoms with van der Waals surface area (Å²) in [6.45, 7) is 3.67. The molecule has 5 N–H and O–H groups in total. The van der Waals surface area contributed by atoms with Gasteiger partial charge in [-0.1, -0.05) is 0 Å². The van der Waals surface area contributed by atoms with Gasteiger partial charge >= 0.3 is 0 Å². The number of rotatable bonds is 6. The van der Waals surface area contributed by atoms with Crippen LogP contribution in [-0.2, 0) is 4.79 Å². The smallest absolute Gasteiger partial charge is 0.251 e. The number of benzene rings is 1. The Labute approximate surface area is 118 Å². The van der Waals surface area contributed by atoms with Crippen molar-refractivity contribution in [2.45, 2.75) is 25.8 Å². The van der Waals surface area contributed by atoms with Crippen LogP contribution in [-0.4, -0.2) is 35.6 Å². The minimum atomic E-state index is -0.561. The Hall–Kier alpha value is -1.92. The van der Waals surface area contributed by atoms with Crippen LogP contribution in [0.2, 0.25) is 0 Å². The maximum atomic E-state index is 11.7. The van der Waals surface area contributed by atoms with Gasteiger partial charge in [0.05, 0.1) is 6.61 Å². The van der Waals surface area contributed by atoms with E-state index in [0.29, 0.717) is 11.3 Å². The van der Waals surface area contributed by atoms with Crippen LogP contribution in [0.5, 0.6) is 0 Å². The molecule has 0 radical (unpaired) electrons. The van der Waals surface area contributed by atoms with Gasteiger partial charge in [0.25, 0.3) is 5.91 Å². The first-order chi connectivity index (χ1) is 9.31. The molecule has 0 aliphatic heterocycles. The molecule has 110 valence electrons. The van der Waals surface area contributed by atoms with Crippen LogP contribution in [0.1, 0.15) is 30.6 Å². The number of hydrogen-bond acceptors (Lipinski definition) is 4. The van der Waals surface area contributed by atoms with Gasteiger partial charge < -0.3 is 21.5 Å². The molecule has 0 heterocycles. The van der Waals surface area contributed by atoms with Crippen LogP contribution in [0.4, 0.5) is 5.69 Å². The minimum Gasteiger partial charge on any atom is -0.395 e. The quantitative estimate of drug-likeness (QED) is 0.607. The lowest BCUT2D eigenvalue weighted by Crippen LogP contribution is -2.36. The maximum Gasteiger partial charge on any atom is 0.251 e. The Bertz CT molecular complexity index is 464. The highest BCUT2D eigenvalue weighted by Gasteiger charge is 2.16. The second-order valence-electron chi connectivity index (χ2n) is 5.27. The Morgan fingerprint density at radius 2 is 1.85 bits per heavy atom. The number of carbonyl (C=O) groups is 2. The van der Waals surface area contributed by atoms with Crippen molar-refractivity contribution in [2.24, 2.45) is 5.73 Å². The number of nitrogens with one attached hydrogen (secondary N) is 2. The molecule has 1 aromatic rings. The van der Waals surface area contributed by atoms with Gasteiger partial charge in [-0.15, -0.1) is 0 Å². The highest BCUT2D eigenvalue weighted by Crippen LogP contribution is 2.12. The molecular formula is C14H21N3O3. The Kier molecular flexibility index (Phi) is 5.66. The van der Waals surface area contributed by atoms with Gasteiger partial charge in [-0.2, -0.15) is 0 Å². The number of amides is 2. The van der Waals surface area contributed by atoms with Crippen LogP contribution in [0.25, 0.3) is 0 Å². The zero-order chi connectivity index (χ0) is 15.2. The third-order valence-electron chi connectivity index (χ3n) is 2.44. The Balaban J connectivity index is 2.58. The molecule has 0 saturated heterocycles. The average molecular weight is 279 g/mol. The predicted octanol–water partition coefficient (Wildman–Crippen LogP) is 0.475. The molecule has 0 spiro atoms. The van der Waals surface area contributed by atoms with Gasteiger partial charge in [-0.3, -0.25) is 9.59 Å². The zero-order valence-corrected chi connectivity index (χ0v) is 11.8. The molecule has 6 nitrogen and oxygen atoms in total. The molecule has 20 heavy (non-hydrogen) atoms. The standard InChI is InChI=1S/C14H21N3O3/c1-14(2,15)9-12(19)17-11-5-3-10(4-6-11)13(20)16-7-8-18/h3-6,18H,7-9,15H2,1-2H3,(H,16,20)(H,17,19). The fourth-order valence-electron chi connectivity index (χ4n) is 1.60. The summed E-state index contributed by atoms with van der Waals surface area (Å²) in [7, 11) is 0. The fraction of sp³-hybridized carbons (Fsp3) is 0.429. The van der Waals surface area contributed by atoms with E-state index < -0.39 is 5.54 Å². The highest BCUT2D eigenvalue weighted by molar-refractivity contribution is 5.95. The zero-order valence-electron chi connectivity index (χ0n) is 11.8. The van der Waals surface area contributed by atoms with Gasteiger partial charge in [0.2, 0.25) is 5.91 Å². The van der Waals surface area contributed by atoms with Crippen molar-refractivity contribution in [1.82, 2.24) is 5.32 Å². The van der Waals surface area contributed by atoms with E-state index in [1.807, 2.05) is 0 Å². The Morgan fingerprint density at radius 1 is 1.25 bits per heavy atom. The summed E-state index contributed by atoms with van der Waals surface area (Å²) in [4.78, 5) is 23.3. The van der Waals surface area contributed by atoms with E-state index in [0.717, 1.165) is 0 Å². The fourth-order valence-corrected chi connectivity index (χ4v) is 1.60. The van der Waals surface area contributed by atoms with Gasteiger partial charge in [-0.05, 0) is 38.1 Å². The summed E-state index contributed by atoms with van der Waals surface area (Å²) in [5, 5.41) is 13.9. The molecule has 2 amide bonds. The molecule has 0 aliphatic carbocycles. The van der Waals surface area contributed by atoms with Gasteiger partial charge in [-0.25, -0.2) is 0 Å². The van der Waals surface area contributed by atoms with E-state index in [4.69, 9.17) is 10.8 Å². The normalized spacial score (nSPS) is 11.0. The molecule has 0 fully saturated rings. The third-order valence-corrected chi connectivity index (χ3v) is 2.44. The number of carbonyl (C=O) groups excluding carboxylic acids is 2. The maximum absolute atomic E-state index is 11.7. The molecule has 0 aliphatic rings. The average Bonchev–Trinajstić information content (AvgIpc) is 2.34. The van der Waals surface area contributed by atoms with Crippen molar-refractivity contribution >= 4 is 17.5 Å². The van der Waals surface area contributed by atoms with Crippen molar-refractivity contribution in [2.75, 3.05) is 18.5 Å². The molecular weight excluding hydrogens is 258 g/mol. The number of aliphatic hydroxyl groups excluding tert-OH is 1. The van der Waals surface area contributed by atoms with Crippen LogP contribution in [0, 0.1) is 0 Å². The summed E-state index contributed by atoms with van der Waals surface area (Å²) in [6, 6.07) is 6.51. The first kappa shape index (κ1) is 16.1. The number of nitrogens with two attached hydrogens (primary N) is 1. The van der Waals surface area contributed by atoms with E-state index in [-0.39, 0.29) is 31.4 Å². The van der Waals surface area contributed by atoms with Crippen molar-refractivity contribution in [1.29, 1.82) is 0 Å². The van der Waals surface area contributed by atoms with Crippen LogP contribution >= 0.6 is 0 Å². The number of hydrogen-bond donors (Lipinski definition) is 4. The lowest BCUT2D eigenvalue weighted by molar-refractivity contribution is -0.117. The summed E-state index contributed by atoms with van der Waals surface area (Å²) in [5.74, 6) is -0.435. The summed E-state index contributed by atoms with van der Waals surface area (Å²) < 4.78 is 0. The Morgan fingerprint density at radius 3 is 2.35 bits per heavy atom. The lowest BCUT2D eigenvalue weighted by atomic mass is 10.0. The molecule has 0 bridgehead atoms. The number of aliphatic hydroxyl groups is 1. The van der Waals surface area contributed by atoms with Crippen molar-refractivity contribution < 1.29 is 14.7 Å². The molecule has 0 unspecified atom stereocenters. The van der Waals surface area contributed by atoms with Crippen molar-refractivity contribution in [3.05, 3.63) is 29.8 Å². The topological polar surface area (TPSA) is 104 Å². The molecule has 1 aromatic carbocycles. The van der Waals surface area contributed by atoms with Gasteiger partial charge in [0, 0.05) is 29.8 Å². The molecule has 0 aromatic heterocycles. The van der Waals surface area contributed by atoms with E-state index >= 15 is 0 Å². The number of anilines is 1. The minimum absolute atomic E-state index is 0.102. The van der Waals surface area contributed by atoms with E-state index in [9.17, 15) is 9.59 Å². The van der Waals surface area contributed by atoms with Crippen molar-refractivity contribution in [3.8, 4) is 0 Å². The molecule has 1 rings (SSSR count). The first-order valence-corrected chi connectivity index (χ1v) is 6.40. The monoisotopic (exact) mass is 279 g/mol. The summed E-state index contributed by atoms with van der Waals surface area (Å²) in [5.41, 5.74) is 6.28. The second-order valence-corrected chi connectivity index (χ2v) is 5.27. The van der Waals surface area contributed by atoms with E-state index in [1.165, 1.54) is 0 Å². The third kappa shape index (κ3) is 5.81. The van der Waals surface area contributed by atoms with Crippen LogP contribution < -0.4 is 16.4 Å².